The predicted molar refractivity (Wildman–Crippen MR) is 97.8 cm³/mol. The lowest BCUT2D eigenvalue weighted by Crippen LogP contribution is -2.42. The molecule has 2 atom stereocenters. The second kappa shape index (κ2) is 6.87. The van der Waals surface area contributed by atoms with Crippen molar-refractivity contribution in [2.24, 2.45) is 0 Å². The van der Waals surface area contributed by atoms with Gasteiger partial charge in [-0.05, 0) is 28.6 Å². The van der Waals surface area contributed by atoms with Gasteiger partial charge in [-0.3, -0.25) is 0 Å². The first kappa shape index (κ1) is 17.8. The number of ether oxygens (including phenoxy) is 2. The van der Waals surface area contributed by atoms with E-state index in [0.717, 1.165) is 16.9 Å². The Labute approximate surface area is 158 Å². The van der Waals surface area contributed by atoms with Gasteiger partial charge >= 0.3 is 12.0 Å². The minimum atomic E-state index is -4.74. The first-order valence-electron chi connectivity index (χ1n) is 8.29. The van der Waals surface area contributed by atoms with E-state index in [0.29, 0.717) is 5.56 Å². The topological polar surface area (TPSA) is 18.5 Å². The van der Waals surface area contributed by atoms with Gasteiger partial charge in [-0.15, -0.1) is 11.3 Å². The second-order valence-electron chi connectivity index (χ2n) is 6.06. The Morgan fingerprint density at radius 3 is 2.15 bits per heavy atom. The van der Waals surface area contributed by atoms with E-state index in [-0.39, 0.29) is 10.6 Å². The van der Waals surface area contributed by atoms with E-state index in [1.165, 1.54) is 6.07 Å². The molecule has 0 saturated carbocycles. The summed E-state index contributed by atoms with van der Waals surface area (Å²) in [5.74, 6) is -2.69. The monoisotopic (exact) mass is 388 g/mol. The molecule has 0 aliphatic carbocycles. The molecule has 1 saturated heterocycles. The average Bonchev–Trinajstić information content (AvgIpc) is 3.31. The molecule has 1 fully saturated rings. The van der Waals surface area contributed by atoms with Gasteiger partial charge < -0.3 is 9.47 Å². The maximum absolute atomic E-state index is 14.1. The molecular weight excluding hydrogens is 373 g/mol. The molecule has 6 heteroatoms. The standard InChI is InChI=1S/C21H15F3O2S/c22-21(23,24)20(18-12-7-13-27-18)25-17(14-15-8-3-1-4-9-15)19(26-20)16-10-5-2-6-11-16/h1-14,19H/b17-14-. The van der Waals surface area contributed by atoms with Crippen LogP contribution in [-0.4, -0.2) is 6.18 Å². The summed E-state index contributed by atoms with van der Waals surface area (Å²) in [5, 5.41) is 1.58. The molecule has 1 aliphatic heterocycles. The van der Waals surface area contributed by atoms with E-state index >= 15 is 0 Å². The van der Waals surface area contributed by atoms with Gasteiger partial charge in [-0.2, -0.15) is 13.2 Å². The van der Waals surface area contributed by atoms with Gasteiger partial charge in [0.25, 0.3) is 0 Å². The van der Waals surface area contributed by atoms with E-state index in [4.69, 9.17) is 9.47 Å². The zero-order chi connectivity index (χ0) is 18.9. The van der Waals surface area contributed by atoms with E-state index in [2.05, 4.69) is 0 Å². The van der Waals surface area contributed by atoms with Gasteiger partial charge in [0.1, 0.15) is 11.9 Å². The third kappa shape index (κ3) is 3.26. The Bertz CT molecular complexity index is 921. The number of rotatable bonds is 3. The molecule has 2 unspecified atom stereocenters. The number of hydrogen-bond donors (Lipinski definition) is 0. The summed E-state index contributed by atoms with van der Waals surface area (Å²) >= 11 is 0.954. The Morgan fingerprint density at radius 2 is 1.56 bits per heavy atom. The van der Waals surface area contributed by atoms with Crippen LogP contribution < -0.4 is 0 Å². The molecule has 1 aliphatic rings. The van der Waals surface area contributed by atoms with Crippen LogP contribution in [-0.2, 0) is 15.3 Å². The lowest BCUT2D eigenvalue weighted by molar-refractivity contribution is -0.353. The van der Waals surface area contributed by atoms with Crippen molar-refractivity contribution in [3.05, 3.63) is 99.9 Å². The summed E-state index contributed by atoms with van der Waals surface area (Å²) in [6.45, 7) is 0. The number of alkyl halides is 3. The fraction of sp³-hybridized carbons (Fsp3) is 0.143. The van der Waals surface area contributed by atoms with E-state index < -0.39 is 18.1 Å². The summed E-state index contributed by atoms with van der Waals surface area (Å²) in [6.07, 6.45) is -4.11. The predicted octanol–water partition coefficient (Wildman–Crippen LogP) is 6.29. The molecule has 4 rings (SSSR count). The van der Waals surface area contributed by atoms with Crippen molar-refractivity contribution in [3.8, 4) is 0 Å². The minimum absolute atomic E-state index is 0.0348. The van der Waals surface area contributed by atoms with Gasteiger partial charge in [0.05, 0.1) is 4.88 Å². The van der Waals surface area contributed by atoms with Crippen LogP contribution in [0.25, 0.3) is 6.08 Å². The number of hydrogen-bond acceptors (Lipinski definition) is 3. The average molecular weight is 388 g/mol. The van der Waals surface area contributed by atoms with Crippen molar-refractivity contribution < 1.29 is 22.6 Å². The highest BCUT2D eigenvalue weighted by Crippen LogP contribution is 2.55. The van der Waals surface area contributed by atoms with Gasteiger partial charge in [-0.1, -0.05) is 66.7 Å². The van der Waals surface area contributed by atoms with Gasteiger partial charge in [0.15, 0.2) is 0 Å². The van der Waals surface area contributed by atoms with Crippen molar-refractivity contribution in [3.63, 3.8) is 0 Å². The first-order valence-corrected chi connectivity index (χ1v) is 9.17. The van der Waals surface area contributed by atoms with Crippen molar-refractivity contribution >= 4 is 17.4 Å². The van der Waals surface area contributed by atoms with E-state index in [1.807, 2.05) is 18.2 Å². The summed E-state index contributed by atoms with van der Waals surface area (Å²) in [5.41, 5.74) is 1.34. The molecule has 0 amide bonds. The molecule has 0 bridgehead atoms. The van der Waals surface area contributed by atoms with Crippen molar-refractivity contribution in [2.75, 3.05) is 0 Å². The summed E-state index contributed by atoms with van der Waals surface area (Å²) in [7, 11) is 0. The van der Waals surface area contributed by atoms with Crippen molar-refractivity contribution in [1.29, 1.82) is 0 Å². The van der Waals surface area contributed by atoms with Crippen LogP contribution >= 0.6 is 11.3 Å². The van der Waals surface area contributed by atoms with E-state index in [1.54, 1.807) is 60.0 Å². The molecule has 2 heterocycles. The zero-order valence-corrected chi connectivity index (χ0v) is 14.8. The number of thiophene rings is 1. The summed E-state index contributed by atoms with van der Waals surface area (Å²) < 4.78 is 53.5. The first-order chi connectivity index (χ1) is 13.0. The fourth-order valence-electron chi connectivity index (χ4n) is 2.98. The summed E-state index contributed by atoms with van der Waals surface area (Å²) in [4.78, 5) is -0.0348. The third-order valence-corrected chi connectivity index (χ3v) is 5.19. The highest BCUT2D eigenvalue weighted by molar-refractivity contribution is 7.10. The molecule has 0 radical (unpaired) electrons. The molecule has 2 aromatic carbocycles. The molecule has 0 N–H and O–H groups in total. The highest BCUT2D eigenvalue weighted by atomic mass is 32.1. The number of benzene rings is 2. The van der Waals surface area contributed by atoms with Gasteiger partial charge in [0.2, 0.25) is 0 Å². The Balaban J connectivity index is 1.85. The van der Waals surface area contributed by atoms with Crippen LogP contribution in [0.2, 0.25) is 0 Å². The maximum Gasteiger partial charge on any atom is 0.461 e. The van der Waals surface area contributed by atoms with E-state index in [9.17, 15) is 13.2 Å². The van der Waals surface area contributed by atoms with Crippen LogP contribution in [0.3, 0.4) is 0 Å². The second-order valence-corrected chi connectivity index (χ2v) is 7.01. The lowest BCUT2D eigenvalue weighted by atomic mass is 10.1. The van der Waals surface area contributed by atoms with Crippen LogP contribution in [0.15, 0.2) is 83.9 Å². The van der Waals surface area contributed by atoms with Crippen LogP contribution in [0.5, 0.6) is 0 Å². The molecule has 138 valence electrons. The SMILES string of the molecule is FC(F)(F)C1(c2cccs2)O/C(=C\c2ccccc2)C(c2ccccc2)O1. The van der Waals surface area contributed by atoms with Gasteiger partial charge in [0, 0.05) is 0 Å². The quantitative estimate of drug-likeness (QED) is 0.525. The molecular formula is C21H15F3O2S. The molecule has 1 aromatic heterocycles. The zero-order valence-electron chi connectivity index (χ0n) is 14.0. The highest BCUT2D eigenvalue weighted by Gasteiger charge is 2.66. The van der Waals surface area contributed by atoms with Crippen molar-refractivity contribution in [1.82, 2.24) is 0 Å². The lowest BCUT2D eigenvalue weighted by Gasteiger charge is -2.28. The van der Waals surface area contributed by atoms with Crippen LogP contribution in [0.1, 0.15) is 22.1 Å². The van der Waals surface area contributed by atoms with Crippen molar-refractivity contribution in [2.45, 2.75) is 18.1 Å². The Morgan fingerprint density at radius 1 is 0.889 bits per heavy atom. The Kier molecular flexibility index (Phi) is 4.53. The molecule has 0 spiro atoms. The smallest absolute Gasteiger partial charge is 0.450 e. The fourth-order valence-corrected chi connectivity index (χ4v) is 3.81. The summed E-state index contributed by atoms with van der Waals surface area (Å²) in [6, 6.07) is 20.8. The normalized spacial score (nSPS) is 24.1. The van der Waals surface area contributed by atoms with Crippen LogP contribution in [0.4, 0.5) is 13.2 Å². The van der Waals surface area contributed by atoms with Crippen LogP contribution in [0, 0.1) is 0 Å². The third-order valence-electron chi connectivity index (χ3n) is 4.23. The molecule has 3 aromatic rings. The maximum atomic E-state index is 14.1. The van der Waals surface area contributed by atoms with Gasteiger partial charge in [-0.25, -0.2) is 0 Å². The minimum Gasteiger partial charge on any atom is -0.450 e. The Hall–Kier alpha value is -2.57. The molecule has 2 nitrogen and oxygen atoms in total. The number of halogens is 3. The largest absolute Gasteiger partial charge is 0.461 e. The molecule has 27 heavy (non-hydrogen) atoms.